The number of nitrogens with zero attached hydrogens (tertiary/aromatic N) is 2. The summed E-state index contributed by atoms with van der Waals surface area (Å²) in [5, 5.41) is 10.3. The monoisotopic (exact) mass is 250 g/mol. The number of rotatable bonds is 5. The standard InChI is InChI=1S/C13H22N4O/c1-17(10-13(18)7-2-3-8-13)9-11-5-4-6-12(15-11)16-14/h4-6,18H,2-3,7-10,14H2,1H3,(H,15,16). The summed E-state index contributed by atoms with van der Waals surface area (Å²) < 4.78 is 0. The minimum Gasteiger partial charge on any atom is -0.389 e. The first-order chi connectivity index (χ1) is 8.61. The Balaban J connectivity index is 1.91. The fourth-order valence-corrected chi connectivity index (χ4v) is 2.67. The zero-order valence-corrected chi connectivity index (χ0v) is 10.9. The molecule has 1 aliphatic carbocycles. The molecule has 2 rings (SSSR count). The first-order valence-electron chi connectivity index (χ1n) is 6.45. The summed E-state index contributed by atoms with van der Waals surface area (Å²) in [7, 11) is 2.01. The van der Waals surface area contributed by atoms with Crippen LogP contribution in [-0.2, 0) is 6.54 Å². The summed E-state index contributed by atoms with van der Waals surface area (Å²) >= 11 is 0. The molecule has 4 N–H and O–H groups in total. The van der Waals surface area contributed by atoms with E-state index in [1.165, 1.54) is 0 Å². The molecule has 0 radical (unpaired) electrons. The quantitative estimate of drug-likeness (QED) is 0.539. The van der Waals surface area contributed by atoms with Crippen LogP contribution in [0.2, 0.25) is 0 Å². The van der Waals surface area contributed by atoms with Gasteiger partial charge in [-0.05, 0) is 32.0 Å². The number of nitrogens with two attached hydrogens (primary N) is 1. The molecule has 18 heavy (non-hydrogen) atoms. The Kier molecular flexibility index (Phi) is 4.16. The van der Waals surface area contributed by atoms with Crippen LogP contribution in [0.15, 0.2) is 18.2 Å². The van der Waals surface area contributed by atoms with Crippen molar-refractivity contribution >= 4 is 5.82 Å². The van der Waals surface area contributed by atoms with Crippen molar-refractivity contribution in [3.05, 3.63) is 23.9 Å². The van der Waals surface area contributed by atoms with Crippen LogP contribution in [0.5, 0.6) is 0 Å². The average Bonchev–Trinajstić information content (AvgIpc) is 2.75. The van der Waals surface area contributed by atoms with Crippen LogP contribution in [0, 0.1) is 0 Å². The molecule has 1 fully saturated rings. The van der Waals surface area contributed by atoms with Crippen molar-refractivity contribution in [1.82, 2.24) is 9.88 Å². The summed E-state index contributed by atoms with van der Waals surface area (Å²) in [5.74, 6) is 6.00. The molecule has 1 aromatic rings. The molecule has 0 amide bonds. The van der Waals surface area contributed by atoms with Crippen LogP contribution in [0.4, 0.5) is 5.82 Å². The van der Waals surface area contributed by atoms with Gasteiger partial charge in [-0.2, -0.15) is 0 Å². The van der Waals surface area contributed by atoms with E-state index in [0.717, 1.165) is 37.9 Å². The zero-order chi connectivity index (χ0) is 13.0. The highest BCUT2D eigenvalue weighted by Crippen LogP contribution is 2.30. The topological polar surface area (TPSA) is 74.4 Å². The molecule has 0 saturated heterocycles. The summed E-state index contributed by atoms with van der Waals surface area (Å²) in [5.41, 5.74) is 2.99. The highest BCUT2D eigenvalue weighted by molar-refractivity contribution is 5.33. The number of nitrogens with one attached hydrogen (secondary N) is 1. The predicted molar refractivity (Wildman–Crippen MR) is 71.8 cm³/mol. The molecular formula is C13H22N4O. The van der Waals surface area contributed by atoms with E-state index in [1.54, 1.807) is 0 Å². The molecular weight excluding hydrogens is 228 g/mol. The van der Waals surface area contributed by atoms with Gasteiger partial charge in [0, 0.05) is 13.1 Å². The van der Waals surface area contributed by atoms with E-state index in [4.69, 9.17) is 5.84 Å². The molecule has 0 atom stereocenters. The van der Waals surface area contributed by atoms with E-state index in [2.05, 4.69) is 15.3 Å². The molecule has 5 heteroatoms. The molecule has 100 valence electrons. The Hall–Kier alpha value is -1.17. The van der Waals surface area contributed by atoms with Crippen LogP contribution < -0.4 is 11.3 Å². The number of likely N-dealkylation sites (N-methyl/N-ethyl adjacent to an activating group) is 1. The normalized spacial score (nSPS) is 18.2. The van der Waals surface area contributed by atoms with Gasteiger partial charge in [0.15, 0.2) is 0 Å². The molecule has 1 saturated carbocycles. The minimum absolute atomic E-state index is 0.502. The molecule has 1 aromatic heterocycles. The molecule has 0 spiro atoms. The smallest absolute Gasteiger partial charge is 0.140 e. The van der Waals surface area contributed by atoms with Crippen molar-refractivity contribution in [1.29, 1.82) is 0 Å². The number of aromatic nitrogens is 1. The van der Waals surface area contributed by atoms with Crippen molar-refractivity contribution in [2.24, 2.45) is 5.84 Å². The molecule has 0 aromatic carbocycles. The SMILES string of the molecule is CN(Cc1cccc(NN)n1)CC1(O)CCCC1. The van der Waals surface area contributed by atoms with Gasteiger partial charge in [0.1, 0.15) is 5.82 Å². The highest BCUT2D eigenvalue weighted by atomic mass is 16.3. The van der Waals surface area contributed by atoms with E-state index < -0.39 is 5.60 Å². The Morgan fingerprint density at radius 2 is 2.17 bits per heavy atom. The fourth-order valence-electron chi connectivity index (χ4n) is 2.67. The van der Waals surface area contributed by atoms with Crippen LogP contribution in [0.1, 0.15) is 31.4 Å². The second kappa shape index (κ2) is 5.65. The van der Waals surface area contributed by atoms with Gasteiger partial charge in [-0.1, -0.05) is 18.9 Å². The highest BCUT2D eigenvalue weighted by Gasteiger charge is 2.32. The number of hydrazine groups is 1. The number of hydrogen-bond acceptors (Lipinski definition) is 5. The molecule has 5 nitrogen and oxygen atoms in total. The van der Waals surface area contributed by atoms with Crippen LogP contribution in [0.25, 0.3) is 0 Å². The van der Waals surface area contributed by atoms with Gasteiger partial charge in [-0.15, -0.1) is 0 Å². The maximum absolute atomic E-state index is 10.3. The van der Waals surface area contributed by atoms with Crippen LogP contribution in [0.3, 0.4) is 0 Å². The number of anilines is 1. The van der Waals surface area contributed by atoms with Gasteiger partial charge in [0.2, 0.25) is 0 Å². The van der Waals surface area contributed by atoms with Gasteiger partial charge in [-0.3, -0.25) is 4.90 Å². The molecule has 1 aliphatic rings. The van der Waals surface area contributed by atoms with Crippen molar-refractivity contribution in [3.63, 3.8) is 0 Å². The van der Waals surface area contributed by atoms with Crippen molar-refractivity contribution in [2.75, 3.05) is 19.0 Å². The summed E-state index contributed by atoms with van der Waals surface area (Å²) in [6.07, 6.45) is 4.09. The third-order valence-corrected chi connectivity index (χ3v) is 3.49. The van der Waals surface area contributed by atoms with E-state index in [1.807, 2.05) is 25.2 Å². The maximum Gasteiger partial charge on any atom is 0.140 e. The van der Waals surface area contributed by atoms with Gasteiger partial charge in [0.05, 0.1) is 11.3 Å². The number of nitrogen functional groups attached to an aromatic ring is 1. The lowest BCUT2D eigenvalue weighted by Gasteiger charge is -2.28. The van der Waals surface area contributed by atoms with Crippen LogP contribution in [-0.4, -0.2) is 34.2 Å². The van der Waals surface area contributed by atoms with Gasteiger partial charge in [0.25, 0.3) is 0 Å². The summed E-state index contributed by atoms with van der Waals surface area (Å²) in [4.78, 5) is 6.49. The Bertz CT molecular complexity index is 390. The summed E-state index contributed by atoms with van der Waals surface area (Å²) in [6.45, 7) is 1.42. The Labute approximate surface area is 108 Å². The van der Waals surface area contributed by atoms with Crippen LogP contribution >= 0.6 is 0 Å². The predicted octanol–water partition coefficient (Wildman–Crippen LogP) is 1.10. The second-order valence-electron chi connectivity index (χ2n) is 5.26. The molecule has 0 aliphatic heterocycles. The first-order valence-corrected chi connectivity index (χ1v) is 6.45. The number of hydrogen-bond donors (Lipinski definition) is 3. The van der Waals surface area contributed by atoms with Gasteiger partial charge in [-0.25, -0.2) is 10.8 Å². The molecule has 0 unspecified atom stereocenters. The number of aliphatic hydroxyl groups is 1. The average molecular weight is 250 g/mol. The summed E-state index contributed by atoms with van der Waals surface area (Å²) in [6, 6.07) is 5.72. The van der Waals surface area contributed by atoms with Crippen molar-refractivity contribution < 1.29 is 5.11 Å². The second-order valence-corrected chi connectivity index (χ2v) is 5.26. The van der Waals surface area contributed by atoms with Gasteiger partial charge >= 0.3 is 0 Å². The lowest BCUT2D eigenvalue weighted by Crippen LogP contribution is -2.38. The van der Waals surface area contributed by atoms with E-state index in [9.17, 15) is 5.11 Å². The Morgan fingerprint density at radius 3 is 2.83 bits per heavy atom. The van der Waals surface area contributed by atoms with Crippen molar-refractivity contribution in [2.45, 2.75) is 37.8 Å². The third-order valence-electron chi connectivity index (χ3n) is 3.49. The van der Waals surface area contributed by atoms with Gasteiger partial charge < -0.3 is 10.5 Å². The Morgan fingerprint density at radius 1 is 1.44 bits per heavy atom. The lowest BCUT2D eigenvalue weighted by molar-refractivity contribution is 0.0143. The van der Waals surface area contributed by atoms with E-state index in [-0.39, 0.29) is 0 Å². The zero-order valence-electron chi connectivity index (χ0n) is 10.9. The first kappa shape index (κ1) is 13.3. The van der Waals surface area contributed by atoms with E-state index in [0.29, 0.717) is 12.4 Å². The lowest BCUT2D eigenvalue weighted by atomic mass is 10.0. The van der Waals surface area contributed by atoms with Crippen molar-refractivity contribution in [3.8, 4) is 0 Å². The number of pyridine rings is 1. The molecule has 1 heterocycles. The minimum atomic E-state index is -0.502. The molecule has 0 bridgehead atoms. The van der Waals surface area contributed by atoms with E-state index >= 15 is 0 Å². The maximum atomic E-state index is 10.3. The largest absolute Gasteiger partial charge is 0.389 e. The third kappa shape index (κ3) is 3.41. The fraction of sp³-hybridized carbons (Fsp3) is 0.615.